The number of hydrogen-bond acceptors (Lipinski definition) is 6. The normalized spacial score (nSPS) is 14.5. The van der Waals surface area contributed by atoms with E-state index in [9.17, 15) is 13.0 Å². The molecule has 0 N–H and O–H groups in total. The van der Waals surface area contributed by atoms with Crippen LogP contribution >= 0.6 is 0 Å². The Labute approximate surface area is 97.4 Å². The van der Waals surface area contributed by atoms with E-state index in [2.05, 4.69) is 28.9 Å². The van der Waals surface area contributed by atoms with Crippen LogP contribution in [0.4, 0.5) is 0 Å². The van der Waals surface area contributed by atoms with Crippen molar-refractivity contribution in [3.63, 3.8) is 0 Å². The van der Waals surface area contributed by atoms with E-state index >= 15 is 0 Å². The van der Waals surface area contributed by atoms with Gasteiger partial charge >= 0.3 is 6.67 Å². The summed E-state index contributed by atoms with van der Waals surface area (Å²) in [6.07, 6.45) is 6.55. The molecule has 93 valence electrons. The van der Waals surface area contributed by atoms with Crippen LogP contribution in [0, 0.1) is 6.67 Å². The van der Waals surface area contributed by atoms with Crippen molar-refractivity contribution < 1.29 is 17.2 Å². The maximum Gasteiger partial charge on any atom is 0.564 e. The van der Waals surface area contributed by atoms with Gasteiger partial charge in [-0.15, -0.1) is 9.80 Å². The van der Waals surface area contributed by atoms with Crippen LogP contribution in [0.2, 0.25) is 0 Å². The molecule has 0 amide bonds. The molecule has 1 heterocycles. The summed E-state index contributed by atoms with van der Waals surface area (Å²) in [5, 5.41) is 0. The largest absolute Gasteiger partial charge is 0.726 e. The van der Waals surface area contributed by atoms with Crippen LogP contribution in [0.1, 0.15) is 19.8 Å². The molecule has 0 aromatic rings. The second-order valence-corrected chi connectivity index (χ2v) is 4.28. The lowest BCUT2D eigenvalue weighted by molar-refractivity contribution is 0.314. The van der Waals surface area contributed by atoms with Crippen molar-refractivity contribution in [3.8, 4) is 0 Å². The van der Waals surface area contributed by atoms with E-state index in [0.717, 1.165) is 13.7 Å². The number of nitrogens with zero attached hydrogens (tertiary/aromatic N) is 2. The molecule has 0 aliphatic carbocycles. The molecular formula is C9H17N2O4S. The zero-order chi connectivity index (χ0) is 12.6. The van der Waals surface area contributed by atoms with Crippen LogP contribution in [0.3, 0.4) is 0 Å². The Bertz CT molecular complexity index is 303. The fourth-order valence-electron chi connectivity index (χ4n) is 0.903. The molecule has 0 unspecified atom stereocenters. The highest BCUT2D eigenvalue weighted by Gasteiger charge is 2.26. The molecule has 1 aliphatic heterocycles. The molecule has 16 heavy (non-hydrogen) atoms. The van der Waals surface area contributed by atoms with Crippen LogP contribution in [0.5, 0.6) is 0 Å². The lowest BCUT2D eigenvalue weighted by atomic mass is 10.3. The van der Waals surface area contributed by atoms with Crippen molar-refractivity contribution >= 4 is 10.4 Å². The summed E-state index contributed by atoms with van der Waals surface area (Å²) in [5.41, 5.74) is 0. The van der Waals surface area contributed by atoms with Gasteiger partial charge in [-0.25, -0.2) is 8.42 Å². The van der Waals surface area contributed by atoms with Crippen molar-refractivity contribution in [1.82, 2.24) is 9.80 Å². The molecule has 0 saturated heterocycles. The molecule has 1 radical (unpaired) electrons. The van der Waals surface area contributed by atoms with Crippen LogP contribution in [-0.4, -0.2) is 43.5 Å². The van der Waals surface area contributed by atoms with Gasteiger partial charge < -0.3 is 4.55 Å². The van der Waals surface area contributed by atoms with Crippen LogP contribution in [0.25, 0.3) is 0 Å². The summed E-state index contributed by atoms with van der Waals surface area (Å²) in [4.78, 5) is 4.03. The number of hydrogen-bond donors (Lipinski definition) is 0. The average molecular weight is 249 g/mol. The summed E-state index contributed by atoms with van der Waals surface area (Å²) in [6, 6.07) is 0. The monoisotopic (exact) mass is 249 g/mol. The summed E-state index contributed by atoms with van der Waals surface area (Å²) in [5.74, 6) is 0. The van der Waals surface area contributed by atoms with Gasteiger partial charge in [0.25, 0.3) is 0 Å². The Morgan fingerprint density at radius 1 is 1.44 bits per heavy atom. The van der Waals surface area contributed by atoms with E-state index in [1.807, 2.05) is 18.1 Å². The summed E-state index contributed by atoms with van der Waals surface area (Å²) in [7, 11) is -1.62. The van der Waals surface area contributed by atoms with E-state index in [1.54, 1.807) is 0 Å². The predicted molar refractivity (Wildman–Crippen MR) is 58.5 cm³/mol. The first-order chi connectivity index (χ1) is 7.39. The third-order valence-corrected chi connectivity index (χ3v) is 2.12. The maximum absolute atomic E-state index is 9.22. The first-order valence-electron chi connectivity index (χ1n) is 4.84. The third kappa shape index (κ3) is 8.39. The fourth-order valence-corrected chi connectivity index (χ4v) is 0.903. The van der Waals surface area contributed by atoms with E-state index in [1.165, 1.54) is 12.8 Å². The highest BCUT2D eigenvalue weighted by Crippen LogP contribution is 2.08. The highest BCUT2D eigenvalue weighted by atomic mass is 32.3. The standard InChI is InChI=1S/C8H14N2.CH4O4S/c1-3-4-5-10-7-6-9(2)8-10;1-5-6(2,3)4/h6-7H,3-5H2,1-2H3;1H3,(H,2,3,4)/q+1;/p-1. The second kappa shape index (κ2) is 7.37. The van der Waals surface area contributed by atoms with E-state index in [0.29, 0.717) is 0 Å². The summed E-state index contributed by atoms with van der Waals surface area (Å²) >= 11 is 0. The predicted octanol–water partition coefficient (Wildman–Crippen LogP) is 0.594. The molecule has 0 aromatic heterocycles. The van der Waals surface area contributed by atoms with Gasteiger partial charge in [-0.2, -0.15) is 0 Å². The van der Waals surface area contributed by atoms with Gasteiger partial charge in [0.15, 0.2) is 0 Å². The molecule has 0 saturated carbocycles. The van der Waals surface area contributed by atoms with Gasteiger partial charge in [0.2, 0.25) is 10.4 Å². The van der Waals surface area contributed by atoms with Gasteiger partial charge in [-0.05, 0) is 6.42 Å². The van der Waals surface area contributed by atoms with Gasteiger partial charge in [-0.1, -0.05) is 13.3 Å². The quantitative estimate of drug-likeness (QED) is 0.412. The van der Waals surface area contributed by atoms with Crippen molar-refractivity contribution in [2.24, 2.45) is 0 Å². The Kier molecular flexibility index (Phi) is 6.95. The van der Waals surface area contributed by atoms with E-state index in [4.69, 9.17) is 0 Å². The van der Waals surface area contributed by atoms with Crippen molar-refractivity contribution in [3.05, 3.63) is 19.1 Å². The first-order valence-corrected chi connectivity index (χ1v) is 6.18. The van der Waals surface area contributed by atoms with Gasteiger partial charge in [-0.3, -0.25) is 4.18 Å². The lowest BCUT2D eigenvalue weighted by Crippen LogP contribution is -2.17. The summed E-state index contributed by atoms with van der Waals surface area (Å²) in [6.45, 7) is 6.44. The molecule has 0 spiro atoms. The van der Waals surface area contributed by atoms with Crippen LogP contribution in [0.15, 0.2) is 12.4 Å². The highest BCUT2D eigenvalue weighted by molar-refractivity contribution is 7.80. The molecular weight excluding hydrogens is 232 g/mol. The molecule has 1 aliphatic rings. The van der Waals surface area contributed by atoms with Crippen LogP contribution < -0.4 is 0 Å². The zero-order valence-electron chi connectivity index (χ0n) is 9.71. The number of rotatable bonds is 4. The molecule has 6 nitrogen and oxygen atoms in total. The lowest BCUT2D eigenvalue weighted by Gasteiger charge is -1.99. The minimum Gasteiger partial charge on any atom is -0.726 e. The van der Waals surface area contributed by atoms with Crippen molar-refractivity contribution in [1.29, 1.82) is 0 Å². The Hall–Kier alpha value is -0.920. The van der Waals surface area contributed by atoms with Crippen molar-refractivity contribution in [2.45, 2.75) is 19.8 Å². The van der Waals surface area contributed by atoms with Crippen molar-refractivity contribution in [2.75, 3.05) is 20.7 Å². The van der Waals surface area contributed by atoms with E-state index < -0.39 is 10.4 Å². The second-order valence-electron chi connectivity index (χ2n) is 3.13. The Morgan fingerprint density at radius 3 is 2.31 bits per heavy atom. The molecule has 0 aromatic carbocycles. The van der Waals surface area contributed by atoms with E-state index in [-0.39, 0.29) is 0 Å². The molecule has 0 atom stereocenters. The minimum absolute atomic E-state index is 0.808. The third-order valence-electron chi connectivity index (χ3n) is 1.71. The SMILES string of the molecule is CCCCN1[C+]N(C)C=C1.COS(=O)(=O)[O-]. The first kappa shape index (κ1) is 15.1. The Morgan fingerprint density at radius 2 is 2.00 bits per heavy atom. The fraction of sp³-hybridized carbons (Fsp3) is 0.667. The van der Waals surface area contributed by atoms with Gasteiger partial charge in [0.1, 0.15) is 0 Å². The topological polar surface area (TPSA) is 72.9 Å². The number of unbranched alkanes of at least 4 members (excludes halogenated alkanes) is 1. The minimum atomic E-state index is -4.41. The summed E-state index contributed by atoms with van der Waals surface area (Å²) < 4.78 is 31.0. The molecule has 0 fully saturated rings. The smallest absolute Gasteiger partial charge is 0.564 e. The zero-order valence-corrected chi connectivity index (χ0v) is 10.5. The van der Waals surface area contributed by atoms with Crippen LogP contribution in [-0.2, 0) is 14.6 Å². The molecule has 7 heteroatoms. The Balaban J connectivity index is 0.000000325. The molecule has 0 bridgehead atoms. The maximum atomic E-state index is 9.22. The van der Waals surface area contributed by atoms with Gasteiger partial charge in [0.05, 0.1) is 33.1 Å². The molecule has 1 rings (SSSR count). The average Bonchev–Trinajstić information content (AvgIpc) is 2.61. The van der Waals surface area contributed by atoms with Gasteiger partial charge in [0, 0.05) is 0 Å².